The number of nitrogens with two attached hydrogens (primary N) is 1. The highest BCUT2D eigenvalue weighted by Crippen LogP contribution is 2.27. The van der Waals surface area contributed by atoms with Crippen molar-refractivity contribution in [3.8, 4) is 0 Å². The van der Waals surface area contributed by atoms with Gasteiger partial charge in [-0.25, -0.2) is 4.39 Å². The Balaban J connectivity index is 1.71. The number of carbonyl (C=O) groups excluding carboxylic acids is 1. The summed E-state index contributed by atoms with van der Waals surface area (Å²) in [6.07, 6.45) is 1.32. The summed E-state index contributed by atoms with van der Waals surface area (Å²) >= 11 is 0. The molecule has 4 heteroatoms. The second-order valence-electron chi connectivity index (χ2n) is 7.12. The predicted molar refractivity (Wildman–Crippen MR) is 102 cm³/mol. The summed E-state index contributed by atoms with van der Waals surface area (Å²) in [5.74, 6) is -0.279. The first-order valence-corrected chi connectivity index (χ1v) is 8.96. The van der Waals surface area contributed by atoms with Crippen molar-refractivity contribution in [2.75, 3.05) is 0 Å². The molecule has 2 N–H and O–H groups in total. The molecule has 1 aliphatic heterocycles. The molecular formula is C22H25FN2O. The van der Waals surface area contributed by atoms with Crippen molar-refractivity contribution >= 4 is 5.91 Å². The number of hydrogen-bond acceptors (Lipinski definition) is 2. The molecule has 0 saturated carbocycles. The van der Waals surface area contributed by atoms with E-state index < -0.39 is 6.04 Å². The van der Waals surface area contributed by atoms with E-state index in [2.05, 4.69) is 18.7 Å². The summed E-state index contributed by atoms with van der Waals surface area (Å²) < 4.78 is 13.8. The van der Waals surface area contributed by atoms with Crippen molar-refractivity contribution in [2.24, 2.45) is 5.73 Å². The highest BCUT2D eigenvalue weighted by molar-refractivity contribution is 5.78. The van der Waals surface area contributed by atoms with E-state index in [0.29, 0.717) is 18.5 Å². The first-order chi connectivity index (χ1) is 12.5. The zero-order chi connectivity index (χ0) is 18.7. The molecule has 0 fully saturated rings. The molecular weight excluding hydrogens is 327 g/mol. The number of benzene rings is 2. The average molecular weight is 352 g/mol. The predicted octanol–water partition coefficient (Wildman–Crippen LogP) is 3.62. The average Bonchev–Trinajstić information content (AvgIpc) is 2.62. The van der Waals surface area contributed by atoms with Crippen molar-refractivity contribution < 1.29 is 9.18 Å². The Morgan fingerprint density at radius 1 is 1.23 bits per heavy atom. The summed E-state index contributed by atoms with van der Waals surface area (Å²) in [5.41, 5.74) is 10.1. The fourth-order valence-corrected chi connectivity index (χ4v) is 3.59. The third-order valence-electron chi connectivity index (χ3n) is 5.01. The normalized spacial score (nSPS) is 17.5. The van der Waals surface area contributed by atoms with Crippen LogP contribution in [-0.4, -0.2) is 22.9 Å². The van der Waals surface area contributed by atoms with Crippen LogP contribution in [0.25, 0.3) is 0 Å². The first-order valence-electron chi connectivity index (χ1n) is 8.96. The van der Waals surface area contributed by atoms with Gasteiger partial charge in [0.1, 0.15) is 5.82 Å². The third-order valence-corrected chi connectivity index (χ3v) is 5.01. The van der Waals surface area contributed by atoms with E-state index in [4.69, 9.17) is 5.73 Å². The maximum Gasteiger partial charge on any atom is 0.224 e. The highest BCUT2D eigenvalue weighted by Gasteiger charge is 2.30. The van der Waals surface area contributed by atoms with Crippen LogP contribution in [0.3, 0.4) is 0 Å². The van der Waals surface area contributed by atoms with E-state index in [1.54, 1.807) is 18.2 Å². The lowest BCUT2D eigenvalue weighted by Gasteiger charge is -2.38. The lowest BCUT2D eigenvalue weighted by Crippen LogP contribution is -2.46. The smallest absolute Gasteiger partial charge is 0.224 e. The molecule has 1 amide bonds. The molecule has 1 unspecified atom stereocenters. The molecule has 0 radical (unpaired) electrons. The number of carbonyl (C=O) groups is 1. The van der Waals surface area contributed by atoms with Gasteiger partial charge in [0.05, 0.1) is 6.04 Å². The van der Waals surface area contributed by atoms with Gasteiger partial charge in [-0.15, -0.1) is 0 Å². The maximum absolute atomic E-state index is 13.8. The number of fused-ring (bicyclic) bond motifs is 1. The number of rotatable bonds is 5. The van der Waals surface area contributed by atoms with Gasteiger partial charge >= 0.3 is 0 Å². The number of hydrogen-bond donors (Lipinski definition) is 1. The van der Waals surface area contributed by atoms with Gasteiger partial charge in [-0.3, -0.25) is 4.79 Å². The molecule has 2 atom stereocenters. The Labute approximate surface area is 154 Å². The lowest BCUT2D eigenvalue weighted by atomic mass is 9.90. The lowest BCUT2D eigenvalue weighted by molar-refractivity contribution is -0.134. The van der Waals surface area contributed by atoms with E-state index in [1.807, 2.05) is 24.0 Å². The van der Waals surface area contributed by atoms with E-state index in [-0.39, 0.29) is 24.2 Å². The molecule has 26 heavy (non-hydrogen) atoms. The summed E-state index contributed by atoms with van der Waals surface area (Å²) in [6, 6.07) is 14.3. The zero-order valence-corrected chi connectivity index (χ0v) is 15.1. The van der Waals surface area contributed by atoms with Crippen LogP contribution in [0.5, 0.6) is 0 Å². The summed E-state index contributed by atoms with van der Waals surface area (Å²) in [4.78, 5) is 14.8. The third kappa shape index (κ3) is 4.02. The van der Waals surface area contributed by atoms with Crippen LogP contribution in [0.2, 0.25) is 0 Å². The molecule has 0 saturated heterocycles. The molecule has 2 aromatic rings. The van der Waals surface area contributed by atoms with Gasteiger partial charge in [-0.05, 0) is 42.5 Å². The van der Waals surface area contributed by atoms with Crippen molar-refractivity contribution in [2.45, 2.75) is 44.8 Å². The van der Waals surface area contributed by atoms with E-state index in [1.165, 1.54) is 17.2 Å². The van der Waals surface area contributed by atoms with Crippen molar-refractivity contribution in [3.63, 3.8) is 0 Å². The second kappa shape index (κ2) is 7.83. The van der Waals surface area contributed by atoms with Crippen LogP contribution in [-0.2, 0) is 24.2 Å². The Bertz CT molecular complexity index is 817. The van der Waals surface area contributed by atoms with Gasteiger partial charge in [0, 0.05) is 19.0 Å². The largest absolute Gasteiger partial charge is 0.331 e. The molecule has 0 bridgehead atoms. The van der Waals surface area contributed by atoms with Crippen LogP contribution in [0, 0.1) is 5.82 Å². The second-order valence-corrected chi connectivity index (χ2v) is 7.12. The standard InChI is InChI=1S/C22H25FN2O/c1-15(2)21-12-16-7-3-4-9-18(16)14-25(21)22(26)13-19(24)11-17-8-5-6-10-20(17)23/h3-10,19,21H,1,11-14,24H2,2H3/t19?,21-/m0/s1. The minimum atomic E-state index is -0.414. The fraction of sp³-hybridized carbons (Fsp3) is 0.318. The first kappa shape index (κ1) is 18.3. The van der Waals surface area contributed by atoms with Crippen LogP contribution in [0.4, 0.5) is 4.39 Å². The minimum Gasteiger partial charge on any atom is -0.331 e. The van der Waals surface area contributed by atoms with Crippen LogP contribution < -0.4 is 5.73 Å². The zero-order valence-electron chi connectivity index (χ0n) is 15.1. The fourth-order valence-electron chi connectivity index (χ4n) is 3.59. The summed E-state index contributed by atoms with van der Waals surface area (Å²) in [7, 11) is 0. The van der Waals surface area contributed by atoms with Gasteiger partial charge in [-0.2, -0.15) is 0 Å². The molecule has 1 heterocycles. The molecule has 0 aliphatic carbocycles. The molecule has 0 aromatic heterocycles. The molecule has 2 aromatic carbocycles. The Hall–Kier alpha value is -2.46. The van der Waals surface area contributed by atoms with Gasteiger partial charge < -0.3 is 10.6 Å². The molecule has 3 nitrogen and oxygen atoms in total. The SMILES string of the molecule is C=C(C)[C@@H]1Cc2ccccc2CN1C(=O)CC(N)Cc1ccccc1F. The van der Waals surface area contributed by atoms with Crippen LogP contribution in [0.1, 0.15) is 30.0 Å². The molecule has 3 rings (SSSR count). The highest BCUT2D eigenvalue weighted by atomic mass is 19.1. The number of amides is 1. The van der Waals surface area contributed by atoms with Gasteiger partial charge in [0.25, 0.3) is 0 Å². The van der Waals surface area contributed by atoms with Gasteiger partial charge in [0.15, 0.2) is 0 Å². The van der Waals surface area contributed by atoms with Gasteiger partial charge in [0.2, 0.25) is 5.91 Å². The van der Waals surface area contributed by atoms with Crippen molar-refractivity contribution in [1.82, 2.24) is 4.90 Å². The number of nitrogens with zero attached hydrogens (tertiary/aromatic N) is 1. The quantitative estimate of drug-likeness (QED) is 0.836. The number of halogens is 1. The van der Waals surface area contributed by atoms with E-state index >= 15 is 0 Å². The van der Waals surface area contributed by atoms with Crippen LogP contribution in [0.15, 0.2) is 60.7 Å². The maximum atomic E-state index is 13.8. The Kier molecular flexibility index (Phi) is 5.52. The molecule has 1 aliphatic rings. The topological polar surface area (TPSA) is 46.3 Å². The minimum absolute atomic E-state index is 0.00339. The summed E-state index contributed by atoms with van der Waals surface area (Å²) in [6.45, 7) is 6.59. The van der Waals surface area contributed by atoms with E-state index in [0.717, 1.165) is 12.0 Å². The van der Waals surface area contributed by atoms with Crippen LogP contribution >= 0.6 is 0 Å². The Morgan fingerprint density at radius 3 is 2.58 bits per heavy atom. The van der Waals surface area contributed by atoms with Crippen molar-refractivity contribution in [3.05, 3.63) is 83.2 Å². The molecule has 136 valence electrons. The van der Waals surface area contributed by atoms with E-state index in [9.17, 15) is 9.18 Å². The molecule has 0 spiro atoms. The van der Waals surface area contributed by atoms with Gasteiger partial charge in [-0.1, -0.05) is 54.6 Å². The monoisotopic (exact) mass is 352 g/mol. The Morgan fingerprint density at radius 2 is 1.88 bits per heavy atom. The van der Waals surface area contributed by atoms with Crippen molar-refractivity contribution in [1.29, 1.82) is 0 Å². The summed E-state index contributed by atoms with van der Waals surface area (Å²) in [5, 5.41) is 0.